The molecule has 0 unspecified atom stereocenters. The van der Waals surface area contributed by atoms with Crippen LogP contribution in [0.4, 0.5) is 5.69 Å². The summed E-state index contributed by atoms with van der Waals surface area (Å²) in [6.45, 7) is 5.57. The van der Waals surface area contributed by atoms with Gasteiger partial charge in [0.1, 0.15) is 12.4 Å². The fourth-order valence-electron chi connectivity index (χ4n) is 2.49. The number of nitrogens with two attached hydrogens (primary N) is 1. The number of nitrogens with zero attached hydrogens (tertiary/aromatic N) is 2. The summed E-state index contributed by atoms with van der Waals surface area (Å²) in [5.74, 6) is 5.70. The lowest BCUT2D eigenvalue weighted by molar-refractivity contribution is -0.107. The number of allylic oxidation sites excluding steroid dienone is 4. The van der Waals surface area contributed by atoms with Crippen molar-refractivity contribution in [2.24, 2.45) is 11.0 Å². The third kappa shape index (κ3) is 4.49. The molecule has 1 aromatic rings. The van der Waals surface area contributed by atoms with Crippen LogP contribution < -0.4 is 10.9 Å². The van der Waals surface area contributed by atoms with E-state index in [4.69, 9.17) is 22.3 Å². The highest BCUT2D eigenvalue weighted by Crippen LogP contribution is 2.28. The smallest absolute Gasteiger partial charge is 0.228 e. The number of oxime groups is 1. The molecule has 0 aromatic heterocycles. The quantitative estimate of drug-likeness (QED) is 0.193. The number of hydrazine groups is 1. The SMILES string of the molecule is C=C/C(O)=C\C1=C(C)CC/C1=N/OCc1c(Cl)cccc1N(N)C=O. The number of rotatable bonds is 7. The Morgan fingerprint density at radius 1 is 1.52 bits per heavy atom. The van der Waals surface area contributed by atoms with E-state index >= 15 is 0 Å². The Hall–Kier alpha value is -2.57. The van der Waals surface area contributed by atoms with Crippen LogP contribution in [-0.4, -0.2) is 17.2 Å². The highest BCUT2D eigenvalue weighted by Gasteiger charge is 2.18. The Kier molecular flexibility index (Phi) is 6.38. The van der Waals surface area contributed by atoms with E-state index in [1.165, 1.54) is 6.08 Å². The number of hydrogen-bond acceptors (Lipinski definition) is 5. The number of carbonyl (C=O) groups is 1. The van der Waals surface area contributed by atoms with E-state index in [0.717, 1.165) is 34.7 Å². The number of anilines is 1. The van der Waals surface area contributed by atoms with E-state index < -0.39 is 0 Å². The summed E-state index contributed by atoms with van der Waals surface area (Å²) < 4.78 is 0. The molecule has 6 nitrogen and oxygen atoms in total. The zero-order valence-electron chi connectivity index (χ0n) is 13.9. The fourth-order valence-corrected chi connectivity index (χ4v) is 2.72. The van der Waals surface area contributed by atoms with Gasteiger partial charge in [-0.05, 0) is 44.1 Å². The highest BCUT2D eigenvalue weighted by molar-refractivity contribution is 6.31. The van der Waals surface area contributed by atoms with Crippen LogP contribution in [0.5, 0.6) is 0 Å². The van der Waals surface area contributed by atoms with Crippen LogP contribution in [0.2, 0.25) is 5.02 Å². The summed E-state index contributed by atoms with van der Waals surface area (Å²) in [6.07, 6.45) is 5.03. The molecular formula is C18H20ClN3O3. The van der Waals surface area contributed by atoms with Crippen LogP contribution in [0.3, 0.4) is 0 Å². The molecule has 0 fully saturated rings. The summed E-state index contributed by atoms with van der Waals surface area (Å²) in [4.78, 5) is 16.4. The molecule has 1 aliphatic carbocycles. The Morgan fingerprint density at radius 2 is 2.28 bits per heavy atom. The Morgan fingerprint density at radius 3 is 2.96 bits per heavy atom. The van der Waals surface area contributed by atoms with Crippen LogP contribution in [0, 0.1) is 0 Å². The molecule has 7 heteroatoms. The van der Waals surface area contributed by atoms with Crippen molar-refractivity contribution in [3.05, 3.63) is 64.4 Å². The maximum atomic E-state index is 10.9. The van der Waals surface area contributed by atoms with Crippen molar-refractivity contribution in [2.75, 3.05) is 5.01 Å². The lowest BCUT2D eigenvalue weighted by Crippen LogP contribution is -2.29. The molecule has 25 heavy (non-hydrogen) atoms. The second kappa shape index (κ2) is 8.50. The average molecular weight is 362 g/mol. The lowest BCUT2D eigenvalue weighted by Gasteiger charge is -2.16. The van der Waals surface area contributed by atoms with E-state index in [1.54, 1.807) is 24.3 Å². The second-order valence-electron chi connectivity index (χ2n) is 5.53. The molecule has 1 aliphatic rings. The standard InChI is InChI=1S/C18H20ClN3O3/c1-3-13(24)9-14-12(2)7-8-17(14)21-25-10-15-16(19)5-4-6-18(15)22(20)11-23/h3-6,9,11,24H,1,7-8,10,20H2,2H3/b13-9+,21-17-. The summed E-state index contributed by atoms with van der Waals surface area (Å²) in [5, 5.41) is 15.2. The molecule has 0 radical (unpaired) electrons. The van der Waals surface area contributed by atoms with Gasteiger partial charge in [-0.3, -0.25) is 9.80 Å². The molecule has 0 bridgehead atoms. The zero-order valence-corrected chi connectivity index (χ0v) is 14.7. The predicted octanol–water partition coefficient (Wildman–Crippen LogP) is 3.79. The van der Waals surface area contributed by atoms with E-state index in [0.29, 0.717) is 22.7 Å². The highest BCUT2D eigenvalue weighted by atomic mass is 35.5. The van der Waals surface area contributed by atoms with Gasteiger partial charge in [0.2, 0.25) is 6.41 Å². The van der Waals surface area contributed by atoms with Crippen molar-refractivity contribution in [1.29, 1.82) is 0 Å². The van der Waals surface area contributed by atoms with Crippen molar-refractivity contribution in [3.8, 4) is 0 Å². The van der Waals surface area contributed by atoms with Crippen molar-refractivity contribution in [3.63, 3.8) is 0 Å². The van der Waals surface area contributed by atoms with Crippen molar-refractivity contribution in [2.45, 2.75) is 26.4 Å². The molecule has 0 heterocycles. The normalized spacial score (nSPS) is 16.3. The minimum atomic E-state index is 0.0591. The molecule has 1 aromatic carbocycles. The molecule has 1 amide bonds. The molecule has 0 saturated heterocycles. The van der Waals surface area contributed by atoms with Gasteiger partial charge in [-0.2, -0.15) is 0 Å². The van der Waals surface area contributed by atoms with Crippen molar-refractivity contribution < 1.29 is 14.7 Å². The molecule has 132 valence electrons. The Bertz CT molecular complexity index is 769. The largest absolute Gasteiger partial charge is 0.508 e. The van der Waals surface area contributed by atoms with Crippen LogP contribution >= 0.6 is 11.6 Å². The average Bonchev–Trinajstić information content (AvgIpc) is 2.95. The van der Waals surface area contributed by atoms with Crippen molar-refractivity contribution in [1.82, 2.24) is 0 Å². The number of benzene rings is 1. The third-order valence-electron chi connectivity index (χ3n) is 3.88. The second-order valence-corrected chi connectivity index (χ2v) is 5.94. The first-order valence-electron chi connectivity index (χ1n) is 7.66. The maximum absolute atomic E-state index is 10.9. The van der Waals surface area contributed by atoms with Crippen LogP contribution in [0.1, 0.15) is 25.3 Å². The molecule has 0 saturated carbocycles. The van der Waals surface area contributed by atoms with Gasteiger partial charge in [0.15, 0.2) is 0 Å². The van der Waals surface area contributed by atoms with Gasteiger partial charge in [0, 0.05) is 16.2 Å². The van der Waals surface area contributed by atoms with Crippen LogP contribution in [0.25, 0.3) is 0 Å². The molecule has 0 atom stereocenters. The van der Waals surface area contributed by atoms with Crippen LogP contribution in [0.15, 0.2) is 59.0 Å². The van der Waals surface area contributed by atoms with E-state index in [9.17, 15) is 9.90 Å². The van der Waals surface area contributed by atoms with Gasteiger partial charge in [0.05, 0.1) is 11.4 Å². The van der Waals surface area contributed by atoms with Gasteiger partial charge in [0.25, 0.3) is 0 Å². The number of aliphatic hydroxyl groups excluding tert-OH is 1. The predicted molar refractivity (Wildman–Crippen MR) is 99.2 cm³/mol. The first-order chi connectivity index (χ1) is 12.0. The first kappa shape index (κ1) is 18.8. The number of carbonyl (C=O) groups excluding carboxylic acids is 1. The first-order valence-corrected chi connectivity index (χ1v) is 8.04. The van der Waals surface area contributed by atoms with Gasteiger partial charge < -0.3 is 9.94 Å². The van der Waals surface area contributed by atoms with E-state index in [2.05, 4.69) is 11.7 Å². The van der Waals surface area contributed by atoms with Gasteiger partial charge >= 0.3 is 0 Å². The number of aliphatic hydroxyl groups is 1. The lowest BCUT2D eigenvalue weighted by atomic mass is 10.1. The summed E-state index contributed by atoms with van der Waals surface area (Å²) in [6, 6.07) is 5.05. The summed E-state index contributed by atoms with van der Waals surface area (Å²) in [5.41, 5.74) is 3.70. The fraction of sp³-hybridized carbons (Fsp3) is 0.222. The monoisotopic (exact) mass is 361 g/mol. The van der Waals surface area contributed by atoms with E-state index in [-0.39, 0.29) is 12.4 Å². The summed E-state index contributed by atoms with van der Waals surface area (Å²) in [7, 11) is 0. The topological polar surface area (TPSA) is 88.2 Å². The Labute approximate surface area is 151 Å². The van der Waals surface area contributed by atoms with Gasteiger partial charge in [-0.25, -0.2) is 5.84 Å². The van der Waals surface area contributed by atoms with Crippen LogP contribution in [-0.2, 0) is 16.2 Å². The minimum absolute atomic E-state index is 0.0591. The minimum Gasteiger partial charge on any atom is -0.508 e. The molecule has 0 aliphatic heterocycles. The third-order valence-corrected chi connectivity index (χ3v) is 4.23. The molecule has 3 N–H and O–H groups in total. The van der Waals surface area contributed by atoms with Gasteiger partial charge in [-0.1, -0.05) is 35.0 Å². The van der Waals surface area contributed by atoms with E-state index in [1.807, 2.05) is 6.92 Å². The van der Waals surface area contributed by atoms with Gasteiger partial charge in [-0.15, -0.1) is 0 Å². The number of hydrogen-bond donors (Lipinski definition) is 2. The Balaban J connectivity index is 2.19. The zero-order chi connectivity index (χ0) is 18.4. The molecular weight excluding hydrogens is 342 g/mol. The molecule has 2 rings (SSSR count). The summed E-state index contributed by atoms with van der Waals surface area (Å²) >= 11 is 6.18. The molecule has 0 spiro atoms. The number of halogens is 1. The number of amides is 1. The van der Waals surface area contributed by atoms with Crippen molar-refractivity contribution >= 4 is 29.4 Å². The maximum Gasteiger partial charge on any atom is 0.228 e.